The Hall–Kier alpha value is -0.950. The molecule has 0 aliphatic carbocycles. The maximum absolute atomic E-state index is 8.90. The number of aliphatic hydroxyl groups excluding tert-OH is 2. The van der Waals surface area contributed by atoms with E-state index in [1.807, 2.05) is 30.8 Å². The fourth-order valence-electron chi connectivity index (χ4n) is 1.26. The molecular weight excluding hydrogens is 232 g/mol. The fraction of sp³-hybridized carbons (Fsp3) is 0.429. The summed E-state index contributed by atoms with van der Waals surface area (Å²) in [6.07, 6.45) is 0. The number of hydrogen-bond acceptors (Lipinski definition) is 3. The first-order valence-electron chi connectivity index (χ1n) is 5.63. The Kier molecular flexibility index (Phi) is 6.80. The van der Waals surface area contributed by atoms with Crippen molar-refractivity contribution >= 4 is 11.8 Å². The zero-order valence-corrected chi connectivity index (χ0v) is 10.8. The molecule has 1 unspecified atom stereocenters. The number of benzene rings is 1. The van der Waals surface area contributed by atoms with Gasteiger partial charge < -0.3 is 10.2 Å². The molecule has 0 amide bonds. The van der Waals surface area contributed by atoms with Gasteiger partial charge >= 0.3 is 0 Å². The molecule has 1 aromatic carbocycles. The van der Waals surface area contributed by atoms with Crippen LogP contribution in [0, 0.1) is 17.8 Å². The van der Waals surface area contributed by atoms with Crippen LogP contribution < -0.4 is 0 Å². The van der Waals surface area contributed by atoms with E-state index in [-0.39, 0.29) is 13.2 Å². The van der Waals surface area contributed by atoms with Crippen LogP contribution in [0.1, 0.15) is 18.1 Å². The van der Waals surface area contributed by atoms with Gasteiger partial charge in [-0.05, 0) is 29.4 Å². The highest BCUT2D eigenvalue weighted by Crippen LogP contribution is 2.15. The van der Waals surface area contributed by atoms with Crippen LogP contribution in [0.3, 0.4) is 0 Å². The van der Waals surface area contributed by atoms with E-state index in [4.69, 9.17) is 10.2 Å². The summed E-state index contributed by atoms with van der Waals surface area (Å²) in [6.45, 7) is 2.19. The Morgan fingerprint density at radius 1 is 1.24 bits per heavy atom. The van der Waals surface area contributed by atoms with Crippen LogP contribution in [0.5, 0.6) is 0 Å². The minimum absolute atomic E-state index is 0.101. The zero-order chi connectivity index (χ0) is 12.5. The van der Waals surface area contributed by atoms with Crippen molar-refractivity contribution in [1.82, 2.24) is 0 Å². The van der Waals surface area contributed by atoms with E-state index in [1.54, 1.807) is 0 Å². The lowest BCUT2D eigenvalue weighted by molar-refractivity contribution is 0.250. The molecule has 17 heavy (non-hydrogen) atoms. The molecule has 0 saturated heterocycles. The van der Waals surface area contributed by atoms with Crippen LogP contribution in [0.4, 0.5) is 0 Å². The minimum atomic E-state index is -0.101. The average molecular weight is 250 g/mol. The molecule has 92 valence electrons. The summed E-state index contributed by atoms with van der Waals surface area (Å²) < 4.78 is 0. The minimum Gasteiger partial charge on any atom is -0.396 e. The summed E-state index contributed by atoms with van der Waals surface area (Å²) in [5.41, 5.74) is 2.19. The van der Waals surface area contributed by atoms with Crippen molar-refractivity contribution in [2.45, 2.75) is 12.7 Å². The van der Waals surface area contributed by atoms with Crippen LogP contribution in [-0.2, 0) is 5.75 Å². The Morgan fingerprint density at radius 2 is 1.94 bits per heavy atom. The molecule has 0 heterocycles. The predicted octanol–water partition coefficient (Wildman–Crippen LogP) is 1.89. The van der Waals surface area contributed by atoms with Gasteiger partial charge in [0.15, 0.2) is 0 Å². The van der Waals surface area contributed by atoms with Crippen molar-refractivity contribution in [2.24, 2.45) is 5.92 Å². The van der Waals surface area contributed by atoms with Crippen molar-refractivity contribution in [1.29, 1.82) is 0 Å². The molecular formula is C14H18O2S. The van der Waals surface area contributed by atoms with Crippen molar-refractivity contribution in [2.75, 3.05) is 19.0 Å². The van der Waals surface area contributed by atoms with Crippen LogP contribution >= 0.6 is 11.8 Å². The molecule has 0 fully saturated rings. The Morgan fingerprint density at radius 3 is 2.53 bits per heavy atom. The summed E-state index contributed by atoms with van der Waals surface area (Å²) in [5.74, 6) is 7.77. The van der Waals surface area contributed by atoms with E-state index in [1.165, 1.54) is 5.56 Å². The van der Waals surface area contributed by atoms with E-state index in [2.05, 4.69) is 24.0 Å². The highest BCUT2D eigenvalue weighted by Gasteiger charge is 2.00. The molecule has 0 aliphatic heterocycles. The van der Waals surface area contributed by atoms with Gasteiger partial charge in [0.2, 0.25) is 0 Å². The second kappa shape index (κ2) is 8.19. The van der Waals surface area contributed by atoms with Crippen LogP contribution in [0.2, 0.25) is 0 Å². The maximum Gasteiger partial charge on any atom is 0.104 e. The number of thioether (sulfide) groups is 1. The van der Waals surface area contributed by atoms with E-state index in [9.17, 15) is 0 Å². The van der Waals surface area contributed by atoms with Crippen LogP contribution in [0.15, 0.2) is 24.3 Å². The standard InChI is InChI=1S/C14H18O2S/c1-12(9-16)10-17-11-14-6-4-13(5-7-14)3-2-8-15/h4-7,12,15-16H,8-11H2,1H3. The molecule has 0 saturated carbocycles. The van der Waals surface area contributed by atoms with Gasteiger partial charge in [0.25, 0.3) is 0 Å². The first kappa shape index (κ1) is 14.1. The molecule has 1 atom stereocenters. The maximum atomic E-state index is 8.90. The van der Waals surface area contributed by atoms with E-state index >= 15 is 0 Å². The summed E-state index contributed by atoms with van der Waals surface area (Å²) in [5, 5.41) is 17.5. The van der Waals surface area contributed by atoms with Gasteiger partial charge in [-0.15, -0.1) is 0 Å². The van der Waals surface area contributed by atoms with Crippen molar-refractivity contribution in [3.8, 4) is 11.8 Å². The molecule has 1 aromatic rings. The predicted molar refractivity (Wildman–Crippen MR) is 72.8 cm³/mol. The van der Waals surface area contributed by atoms with Gasteiger partial charge in [-0.3, -0.25) is 0 Å². The first-order valence-corrected chi connectivity index (χ1v) is 6.79. The van der Waals surface area contributed by atoms with Gasteiger partial charge in [-0.2, -0.15) is 11.8 Å². The normalized spacial score (nSPS) is 11.7. The number of rotatable bonds is 5. The van der Waals surface area contributed by atoms with Crippen LogP contribution in [-0.4, -0.2) is 29.2 Å². The Balaban J connectivity index is 2.40. The number of aliphatic hydroxyl groups is 2. The largest absolute Gasteiger partial charge is 0.396 e. The van der Waals surface area contributed by atoms with Gasteiger partial charge in [0.1, 0.15) is 6.61 Å². The molecule has 0 bridgehead atoms. The van der Waals surface area contributed by atoms with Gasteiger partial charge in [-0.25, -0.2) is 0 Å². The third-order valence-corrected chi connectivity index (χ3v) is 3.59. The Bertz CT molecular complexity index is 375. The summed E-state index contributed by atoms with van der Waals surface area (Å²) >= 11 is 1.83. The third-order valence-electron chi connectivity index (χ3n) is 2.25. The third kappa shape index (κ3) is 5.78. The second-order valence-electron chi connectivity index (χ2n) is 3.96. The molecule has 2 N–H and O–H groups in total. The first-order chi connectivity index (χ1) is 8.26. The van der Waals surface area contributed by atoms with E-state index in [0.29, 0.717) is 5.92 Å². The topological polar surface area (TPSA) is 40.5 Å². The van der Waals surface area contributed by atoms with Gasteiger partial charge in [-0.1, -0.05) is 30.9 Å². The lowest BCUT2D eigenvalue weighted by Crippen LogP contribution is -2.03. The van der Waals surface area contributed by atoms with E-state index in [0.717, 1.165) is 17.1 Å². The molecule has 1 rings (SSSR count). The smallest absolute Gasteiger partial charge is 0.104 e. The van der Waals surface area contributed by atoms with Gasteiger partial charge in [0, 0.05) is 17.9 Å². The highest BCUT2D eigenvalue weighted by molar-refractivity contribution is 7.98. The molecule has 3 heteroatoms. The Labute approximate surface area is 107 Å². The van der Waals surface area contributed by atoms with Crippen molar-refractivity contribution in [3.05, 3.63) is 35.4 Å². The fourth-order valence-corrected chi connectivity index (χ4v) is 2.31. The van der Waals surface area contributed by atoms with Crippen molar-refractivity contribution in [3.63, 3.8) is 0 Å². The SMILES string of the molecule is CC(CO)CSCc1ccc(C#CCO)cc1. The molecule has 0 spiro atoms. The summed E-state index contributed by atoms with van der Waals surface area (Å²) in [4.78, 5) is 0. The second-order valence-corrected chi connectivity index (χ2v) is 4.99. The summed E-state index contributed by atoms with van der Waals surface area (Å²) in [6, 6.07) is 8.04. The van der Waals surface area contributed by atoms with Crippen molar-refractivity contribution < 1.29 is 10.2 Å². The highest BCUT2D eigenvalue weighted by atomic mass is 32.2. The molecule has 0 aromatic heterocycles. The lowest BCUT2D eigenvalue weighted by Gasteiger charge is -2.07. The quantitative estimate of drug-likeness (QED) is 0.784. The molecule has 0 radical (unpaired) electrons. The summed E-state index contributed by atoms with van der Waals surface area (Å²) in [7, 11) is 0. The van der Waals surface area contributed by atoms with Crippen LogP contribution in [0.25, 0.3) is 0 Å². The average Bonchev–Trinajstić information content (AvgIpc) is 2.37. The molecule has 2 nitrogen and oxygen atoms in total. The zero-order valence-electron chi connectivity index (χ0n) is 10.0. The van der Waals surface area contributed by atoms with E-state index < -0.39 is 0 Å². The lowest BCUT2D eigenvalue weighted by atomic mass is 10.1. The van der Waals surface area contributed by atoms with Gasteiger partial charge in [0.05, 0.1) is 0 Å². The molecule has 0 aliphatic rings. The monoisotopic (exact) mass is 250 g/mol. The number of hydrogen-bond donors (Lipinski definition) is 2.